The third-order valence-electron chi connectivity index (χ3n) is 4.46. The highest BCUT2D eigenvalue weighted by Gasteiger charge is 2.23. The average molecular weight is 503 g/mol. The van der Waals surface area contributed by atoms with Gasteiger partial charge in [0, 0.05) is 16.6 Å². The largest absolute Gasteiger partial charge is 0.493 e. The van der Waals surface area contributed by atoms with Crippen LogP contribution in [0.25, 0.3) is 11.3 Å². The molecule has 0 aliphatic rings. The molecule has 0 aliphatic heterocycles. The number of aromatic amines is 1. The predicted molar refractivity (Wildman–Crippen MR) is 121 cm³/mol. The number of aromatic nitrogens is 3. The van der Waals surface area contributed by atoms with Crippen molar-refractivity contribution in [2.45, 2.75) is 13.3 Å². The maximum absolute atomic E-state index is 12.2. The molecule has 0 atom stereocenters. The molecule has 3 rings (SSSR count). The molecule has 3 aromatic rings. The van der Waals surface area contributed by atoms with Gasteiger partial charge in [0.25, 0.3) is 5.91 Å². The normalized spacial score (nSPS) is 10.5. The molecule has 2 aromatic carbocycles. The topological polar surface area (TPSA) is 115 Å². The van der Waals surface area contributed by atoms with Gasteiger partial charge in [-0.1, -0.05) is 30.3 Å². The number of methoxy groups -OCH3 is 1. The molecule has 0 bridgehead atoms. The van der Waals surface area contributed by atoms with Gasteiger partial charge >= 0.3 is 5.97 Å². The van der Waals surface area contributed by atoms with E-state index in [9.17, 15) is 9.59 Å². The van der Waals surface area contributed by atoms with Crippen molar-refractivity contribution < 1.29 is 23.8 Å². The van der Waals surface area contributed by atoms with Crippen LogP contribution < -0.4 is 14.8 Å². The smallest absolute Gasteiger partial charge is 0.361 e. The molecule has 0 saturated carbocycles. The van der Waals surface area contributed by atoms with E-state index in [2.05, 4.69) is 36.7 Å². The number of halogens is 1. The quantitative estimate of drug-likeness (QED) is 0.409. The number of amides is 1. The Morgan fingerprint density at radius 1 is 1.12 bits per heavy atom. The Morgan fingerprint density at radius 3 is 2.62 bits per heavy atom. The lowest BCUT2D eigenvalue weighted by Crippen LogP contribution is -2.30. The van der Waals surface area contributed by atoms with Gasteiger partial charge in [-0.25, -0.2) is 4.79 Å². The number of hydrogen-bond acceptors (Lipinski definition) is 7. The first-order valence-electron chi connectivity index (χ1n) is 9.92. The number of rotatable bonds is 10. The van der Waals surface area contributed by atoms with Crippen LogP contribution in [-0.4, -0.2) is 54.2 Å². The molecule has 168 valence electrons. The van der Waals surface area contributed by atoms with E-state index < -0.39 is 5.97 Å². The van der Waals surface area contributed by atoms with Crippen LogP contribution in [0.3, 0.4) is 0 Å². The minimum Gasteiger partial charge on any atom is -0.493 e. The van der Waals surface area contributed by atoms with Crippen molar-refractivity contribution in [1.82, 2.24) is 20.7 Å². The molecule has 9 nitrogen and oxygen atoms in total. The molecule has 1 heterocycles. The van der Waals surface area contributed by atoms with Crippen molar-refractivity contribution in [3.8, 4) is 22.8 Å². The number of H-pyrrole nitrogens is 1. The monoisotopic (exact) mass is 502 g/mol. The van der Waals surface area contributed by atoms with Gasteiger partial charge in [0.05, 0.1) is 13.7 Å². The summed E-state index contributed by atoms with van der Waals surface area (Å²) in [5.74, 6) is -0.0977. The second kappa shape index (κ2) is 11.3. The highest BCUT2D eigenvalue weighted by atomic mass is 79.9. The molecule has 0 spiro atoms. The minimum absolute atomic E-state index is 0.0565. The van der Waals surface area contributed by atoms with Crippen molar-refractivity contribution in [2.75, 3.05) is 26.9 Å². The Bertz CT molecular complexity index is 1070. The van der Waals surface area contributed by atoms with Crippen molar-refractivity contribution in [1.29, 1.82) is 0 Å². The Labute approximate surface area is 193 Å². The minimum atomic E-state index is -0.588. The van der Waals surface area contributed by atoms with E-state index in [0.717, 1.165) is 12.0 Å². The number of nitrogens with one attached hydrogen (secondary N) is 2. The fourth-order valence-electron chi connectivity index (χ4n) is 2.93. The van der Waals surface area contributed by atoms with E-state index in [4.69, 9.17) is 14.2 Å². The number of carbonyl (C=O) groups excluding carboxylic acids is 2. The standard InChI is InChI=1S/C22H23BrN4O5/c1-3-31-22(29)21-20(25-27-26-21)15-11-17(30-2)18(12-16(15)23)32-13-19(28)24-10-9-14-7-5-4-6-8-14/h4-8,11-12H,3,9-10,13H2,1-2H3,(H,24,28)(H,25,26,27). The summed E-state index contributed by atoms with van der Waals surface area (Å²) in [5, 5.41) is 13.2. The van der Waals surface area contributed by atoms with Gasteiger partial charge in [-0.3, -0.25) is 4.79 Å². The summed E-state index contributed by atoms with van der Waals surface area (Å²) >= 11 is 3.46. The predicted octanol–water partition coefficient (Wildman–Crippen LogP) is 3.16. The van der Waals surface area contributed by atoms with Crippen LogP contribution in [0.2, 0.25) is 0 Å². The Morgan fingerprint density at radius 2 is 1.91 bits per heavy atom. The lowest BCUT2D eigenvalue weighted by Gasteiger charge is -2.13. The van der Waals surface area contributed by atoms with Crippen LogP contribution in [0, 0.1) is 0 Å². The van der Waals surface area contributed by atoms with Gasteiger partial charge in [-0.05, 0) is 47.0 Å². The van der Waals surface area contributed by atoms with E-state index in [0.29, 0.717) is 33.8 Å². The van der Waals surface area contributed by atoms with Crippen LogP contribution in [-0.2, 0) is 16.0 Å². The van der Waals surface area contributed by atoms with Crippen LogP contribution in [0.5, 0.6) is 11.5 Å². The first-order chi connectivity index (χ1) is 15.5. The SMILES string of the molecule is CCOC(=O)c1n[nH]nc1-c1cc(OC)c(OCC(=O)NCCc2ccccc2)cc1Br. The molecule has 1 amide bonds. The van der Waals surface area contributed by atoms with E-state index in [1.54, 1.807) is 19.1 Å². The molecule has 0 fully saturated rings. The molecule has 0 radical (unpaired) electrons. The summed E-state index contributed by atoms with van der Waals surface area (Å²) in [6, 6.07) is 13.2. The molecule has 10 heteroatoms. The summed E-state index contributed by atoms with van der Waals surface area (Å²) < 4.78 is 16.7. The van der Waals surface area contributed by atoms with Gasteiger partial charge in [-0.2, -0.15) is 10.3 Å². The zero-order valence-corrected chi connectivity index (χ0v) is 19.3. The Balaban J connectivity index is 1.66. The van der Waals surface area contributed by atoms with Crippen LogP contribution in [0.4, 0.5) is 0 Å². The molecular formula is C22H23BrN4O5. The molecule has 2 N–H and O–H groups in total. The van der Waals surface area contributed by atoms with Crippen LogP contribution in [0.15, 0.2) is 46.9 Å². The third kappa shape index (κ3) is 5.85. The maximum atomic E-state index is 12.2. The van der Waals surface area contributed by atoms with Crippen LogP contribution >= 0.6 is 15.9 Å². The van der Waals surface area contributed by atoms with Gasteiger partial charge in [0.15, 0.2) is 23.8 Å². The van der Waals surface area contributed by atoms with Crippen molar-refractivity contribution >= 4 is 27.8 Å². The van der Waals surface area contributed by atoms with Gasteiger partial charge in [0.2, 0.25) is 0 Å². The van der Waals surface area contributed by atoms with Gasteiger partial charge in [-0.15, -0.1) is 5.10 Å². The van der Waals surface area contributed by atoms with Crippen LogP contribution in [0.1, 0.15) is 23.0 Å². The Kier molecular flexibility index (Phi) is 8.20. The fraction of sp³-hybridized carbons (Fsp3) is 0.273. The number of benzene rings is 2. The lowest BCUT2D eigenvalue weighted by atomic mass is 10.1. The average Bonchev–Trinajstić information content (AvgIpc) is 3.28. The summed E-state index contributed by atoms with van der Waals surface area (Å²) in [6.07, 6.45) is 0.733. The van der Waals surface area contributed by atoms with Crippen molar-refractivity contribution in [2.24, 2.45) is 0 Å². The molecule has 0 saturated heterocycles. The van der Waals surface area contributed by atoms with Gasteiger partial charge < -0.3 is 19.5 Å². The number of carbonyl (C=O) groups is 2. The van der Waals surface area contributed by atoms with Crippen molar-refractivity contribution in [3.63, 3.8) is 0 Å². The van der Waals surface area contributed by atoms with Gasteiger partial charge in [0.1, 0.15) is 5.69 Å². The first-order valence-corrected chi connectivity index (χ1v) is 10.7. The second-order valence-electron chi connectivity index (χ2n) is 6.60. The summed E-state index contributed by atoms with van der Waals surface area (Å²) in [7, 11) is 1.48. The third-order valence-corrected chi connectivity index (χ3v) is 5.12. The summed E-state index contributed by atoms with van der Waals surface area (Å²) in [4.78, 5) is 24.3. The van der Waals surface area contributed by atoms with E-state index in [1.165, 1.54) is 7.11 Å². The second-order valence-corrected chi connectivity index (χ2v) is 7.45. The number of esters is 1. The summed E-state index contributed by atoms with van der Waals surface area (Å²) in [5.41, 5.74) is 2.06. The number of ether oxygens (including phenoxy) is 3. The summed E-state index contributed by atoms with van der Waals surface area (Å²) in [6.45, 7) is 2.26. The van der Waals surface area contributed by atoms with E-state index in [-0.39, 0.29) is 24.8 Å². The molecule has 32 heavy (non-hydrogen) atoms. The molecule has 0 aliphatic carbocycles. The van der Waals surface area contributed by atoms with E-state index >= 15 is 0 Å². The Hall–Kier alpha value is -3.40. The van der Waals surface area contributed by atoms with E-state index in [1.807, 2.05) is 30.3 Å². The number of nitrogens with zero attached hydrogens (tertiary/aromatic N) is 2. The molecule has 0 unspecified atom stereocenters. The lowest BCUT2D eigenvalue weighted by molar-refractivity contribution is -0.123. The maximum Gasteiger partial charge on any atom is 0.361 e. The zero-order chi connectivity index (χ0) is 22.9. The number of hydrogen-bond donors (Lipinski definition) is 2. The van der Waals surface area contributed by atoms with Crippen molar-refractivity contribution in [3.05, 3.63) is 58.2 Å². The molecule has 1 aromatic heterocycles. The highest BCUT2D eigenvalue weighted by molar-refractivity contribution is 9.10. The molecular weight excluding hydrogens is 480 g/mol. The highest BCUT2D eigenvalue weighted by Crippen LogP contribution is 2.38. The first kappa shape index (κ1) is 23.3. The zero-order valence-electron chi connectivity index (χ0n) is 17.7. The fourth-order valence-corrected chi connectivity index (χ4v) is 3.44.